The number of methoxy groups -OCH3 is 1. The molecule has 14 heavy (non-hydrogen) atoms. The van der Waals surface area contributed by atoms with Gasteiger partial charge in [-0.2, -0.15) is 0 Å². The zero-order chi connectivity index (χ0) is 9.86. The molecule has 1 saturated heterocycles. The van der Waals surface area contributed by atoms with Crippen molar-refractivity contribution >= 4 is 0 Å². The first-order chi connectivity index (χ1) is 6.85. The van der Waals surface area contributed by atoms with Gasteiger partial charge in [0.25, 0.3) is 0 Å². The summed E-state index contributed by atoms with van der Waals surface area (Å²) in [4.78, 5) is 0. The van der Waals surface area contributed by atoms with E-state index < -0.39 is 0 Å². The molecule has 1 atom stereocenters. The van der Waals surface area contributed by atoms with Gasteiger partial charge in [-0.25, -0.2) is 0 Å². The molecule has 1 unspecified atom stereocenters. The Hall–Kier alpha value is -0.120. The number of ether oxygens (including phenoxy) is 2. The number of rotatable bonds is 6. The van der Waals surface area contributed by atoms with E-state index in [1.54, 1.807) is 7.11 Å². The zero-order valence-electron chi connectivity index (χ0n) is 9.05. The molecular weight excluding hydrogens is 178 g/mol. The minimum atomic E-state index is 0.360. The SMILES string of the molecule is COCCC1(CNC2CC2)CCOC1. The smallest absolute Gasteiger partial charge is 0.0536 e. The molecule has 0 bridgehead atoms. The normalized spacial score (nSPS) is 32.4. The van der Waals surface area contributed by atoms with Crippen LogP contribution < -0.4 is 5.32 Å². The van der Waals surface area contributed by atoms with E-state index in [4.69, 9.17) is 9.47 Å². The molecule has 1 heterocycles. The van der Waals surface area contributed by atoms with E-state index >= 15 is 0 Å². The molecule has 3 heteroatoms. The Bertz CT molecular complexity index is 174. The molecule has 0 amide bonds. The van der Waals surface area contributed by atoms with Crippen molar-refractivity contribution in [2.24, 2.45) is 5.41 Å². The summed E-state index contributed by atoms with van der Waals surface area (Å²) in [6.07, 6.45) is 5.04. The molecule has 0 aromatic rings. The Morgan fingerprint density at radius 2 is 2.36 bits per heavy atom. The summed E-state index contributed by atoms with van der Waals surface area (Å²) in [5.41, 5.74) is 0.360. The summed E-state index contributed by atoms with van der Waals surface area (Å²) >= 11 is 0. The Balaban J connectivity index is 1.77. The van der Waals surface area contributed by atoms with E-state index in [2.05, 4.69) is 5.32 Å². The van der Waals surface area contributed by atoms with Crippen molar-refractivity contribution < 1.29 is 9.47 Å². The van der Waals surface area contributed by atoms with Crippen LogP contribution in [0.4, 0.5) is 0 Å². The molecule has 1 aliphatic carbocycles. The highest BCUT2D eigenvalue weighted by molar-refractivity contribution is 4.89. The molecule has 0 aromatic carbocycles. The summed E-state index contributed by atoms with van der Waals surface area (Å²) in [7, 11) is 1.78. The lowest BCUT2D eigenvalue weighted by Crippen LogP contribution is -2.36. The summed E-state index contributed by atoms with van der Waals surface area (Å²) < 4.78 is 10.7. The Kier molecular flexibility index (Phi) is 3.42. The Morgan fingerprint density at radius 3 is 2.93 bits per heavy atom. The fourth-order valence-electron chi connectivity index (χ4n) is 2.04. The van der Waals surface area contributed by atoms with Gasteiger partial charge in [0, 0.05) is 38.3 Å². The van der Waals surface area contributed by atoms with Gasteiger partial charge in [-0.3, -0.25) is 0 Å². The highest BCUT2D eigenvalue weighted by Crippen LogP contribution is 2.33. The van der Waals surface area contributed by atoms with Crippen LogP contribution in [0.2, 0.25) is 0 Å². The second-order valence-corrected chi connectivity index (χ2v) is 4.70. The lowest BCUT2D eigenvalue weighted by atomic mass is 9.84. The van der Waals surface area contributed by atoms with Gasteiger partial charge in [-0.1, -0.05) is 0 Å². The molecule has 3 nitrogen and oxygen atoms in total. The van der Waals surface area contributed by atoms with Crippen molar-refractivity contribution in [3.63, 3.8) is 0 Å². The molecule has 0 spiro atoms. The first-order valence-electron chi connectivity index (χ1n) is 5.65. The zero-order valence-corrected chi connectivity index (χ0v) is 9.05. The van der Waals surface area contributed by atoms with Gasteiger partial charge in [0.1, 0.15) is 0 Å². The second-order valence-electron chi connectivity index (χ2n) is 4.70. The van der Waals surface area contributed by atoms with Crippen LogP contribution in [0, 0.1) is 5.41 Å². The van der Waals surface area contributed by atoms with Gasteiger partial charge in [0.2, 0.25) is 0 Å². The number of hydrogen-bond donors (Lipinski definition) is 1. The predicted octanol–water partition coefficient (Wildman–Crippen LogP) is 1.18. The fourth-order valence-corrected chi connectivity index (χ4v) is 2.04. The minimum absolute atomic E-state index is 0.360. The average molecular weight is 199 g/mol. The van der Waals surface area contributed by atoms with Crippen LogP contribution in [0.3, 0.4) is 0 Å². The number of nitrogens with one attached hydrogen (secondary N) is 1. The lowest BCUT2D eigenvalue weighted by molar-refractivity contribution is 0.106. The molecule has 2 rings (SSSR count). The van der Waals surface area contributed by atoms with Gasteiger partial charge < -0.3 is 14.8 Å². The highest BCUT2D eigenvalue weighted by Gasteiger charge is 2.36. The predicted molar refractivity (Wildman–Crippen MR) is 55.4 cm³/mol. The van der Waals surface area contributed by atoms with E-state index in [1.807, 2.05) is 0 Å². The topological polar surface area (TPSA) is 30.5 Å². The molecule has 0 radical (unpaired) electrons. The van der Waals surface area contributed by atoms with Crippen LogP contribution in [0.5, 0.6) is 0 Å². The molecule has 2 fully saturated rings. The van der Waals surface area contributed by atoms with Crippen molar-refractivity contribution in [2.75, 3.05) is 33.5 Å². The standard InChI is InChI=1S/C11H21NO2/c1-13-6-4-11(5-7-14-9-11)8-12-10-2-3-10/h10,12H,2-9H2,1H3. The van der Waals surface area contributed by atoms with E-state index in [-0.39, 0.29) is 0 Å². The summed E-state index contributed by atoms with van der Waals surface area (Å²) in [6.45, 7) is 3.81. The Morgan fingerprint density at radius 1 is 1.50 bits per heavy atom. The summed E-state index contributed by atoms with van der Waals surface area (Å²) in [5.74, 6) is 0. The van der Waals surface area contributed by atoms with Gasteiger partial charge >= 0.3 is 0 Å². The second kappa shape index (κ2) is 4.60. The largest absolute Gasteiger partial charge is 0.385 e. The van der Waals surface area contributed by atoms with Crippen molar-refractivity contribution in [1.29, 1.82) is 0 Å². The summed E-state index contributed by atoms with van der Waals surface area (Å²) in [6, 6.07) is 0.801. The molecule has 2 aliphatic rings. The third kappa shape index (κ3) is 2.69. The van der Waals surface area contributed by atoms with E-state index in [1.165, 1.54) is 19.3 Å². The monoisotopic (exact) mass is 199 g/mol. The molecule has 0 aromatic heterocycles. The molecular formula is C11H21NO2. The number of hydrogen-bond acceptors (Lipinski definition) is 3. The van der Waals surface area contributed by atoms with Crippen molar-refractivity contribution in [2.45, 2.75) is 31.7 Å². The Labute approximate surface area is 86.2 Å². The average Bonchev–Trinajstić information content (AvgIpc) is 2.93. The van der Waals surface area contributed by atoms with Crippen molar-refractivity contribution in [3.05, 3.63) is 0 Å². The van der Waals surface area contributed by atoms with Crippen LogP contribution in [0.25, 0.3) is 0 Å². The van der Waals surface area contributed by atoms with Crippen LogP contribution in [-0.4, -0.2) is 39.5 Å². The van der Waals surface area contributed by atoms with Crippen LogP contribution in [-0.2, 0) is 9.47 Å². The van der Waals surface area contributed by atoms with E-state index in [0.717, 1.165) is 38.8 Å². The molecule has 1 N–H and O–H groups in total. The molecule has 1 saturated carbocycles. The highest BCUT2D eigenvalue weighted by atomic mass is 16.5. The maximum Gasteiger partial charge on any atom is 0.0536 e. The first-order valence-corrected chi connectivity index (χ1v) is 5.65. The van der Waals surface area contributed by atoms with Gasteiger partial charge in [0.15, 0.2) is 0 Å². The van der Waals surface area contributed by atoms with Crippen LogP contribution in [0.1, 0.15) is 25.7 Å². The van der Waals surface area contributed by atoms with E-state index in [9.17, 15) is 0 Å². The summed E-state index contributed by atoms with van der Waals surface area (Å²) in [5, 5.41) is 3.61. The fraction of sp³-hybridized carbons (Fsp3) is 1.00. The van der Waals surface area contributed by atoms with Gasteiger partial charge in [-0.15, -0.1) is 0 Å². The van der Waals surface area contributed by atoms with Gasteiger partial charge in [0.05, 0.1) is 6.61 Å². The third-order valence-electron chi connectivity index (χ3n) is 3.36. The lowest BCUT2D eigenvalue weighted by Gasteiger charge is -2.27. The maximum atomic E-state index is 5.51. The quantitative estimate of drug-likeness (QED) is 0.697. The van der Waals surface area contributed by atoms with Crippen LogP contribution >= 0.6 is 0 Å². The molecule has 1 aliphatic heterocycles. The van der Waals surface area contributed by atoms with Crippen molar-refractivity contribution in [3.8, 4) is 0 Å². The van der Waals surface area contributed by atoms with Crippen LogP contribution in [0.15, 0.2) is 0 Å². The first kappa shape index (κ1) is 10.4. The van der Waals surface area contributed by atoms with E-state index in [0.29, 0.717) is 5.41 Å². The van der Waals surface area contributed by atoms with Gasteiger partial charge in [-0.05, 0) is 25.7 Å². The van der Waals surface area contributed by atoms with Crippen molar-refractivity contribution in [1.82, 2.24) is 5.32 Å². The molecule has 82 valence electrons. The minimum Gasteiger partial charge on any atom is -0.385 e. The maximum absolute atomic E-state index is 5.51. The third-order valence-corrected chi connectivity index (χ3v) is 3.36.